The van der Waals surface area contributed by atoms with Gasteiger partial charge >= 0.3 is 5.97 Å². The van der Waals surface area contributed by atoms with Gasteiger partial charge in [-0.3, -0.25) is 0 Å². The molecule has 1 aliphatic rings. The van der Waals surface area contributed by atoms with Crippen LogP contribution in [0.4, 0.5) is 0 Å². The summed E-state index contributed by atoms with van der Waals surface area (Å²) < 4.78 is 37.1. The topological polar surface area (TPSA) is 81.7 Å². The Hall–Kier alpha value is -1.15. The average Bonchev–Trinajstić information content (AvgIpc) is 3.00. The maximum Gasteiger partial charge on any atom is 0.337 e. The number of hydrogen-bond acceptors (Lipinski definition) is 5. The lowest BCUT2D eigenvalue weighted by atomic mass is 10.2. The van der Waals surface area contributed by atoms with Crippen LogP contribution in [-0.4, -0.2) is 40.8 Å². The van der Waals surface area contributed by atoms with Crippen molar-refractivity contribution < 1.29 is 22.7 Å². The number of carbonyl (C=O) groups excluding carboxylic acids is 1. The van der Waals surface area contributed by atoms with Gasteiger partial charge < -0.3 is 9.47 Å². The third-order valence-electron chi connectivity index (χ3n) is 3.42. The minimum Gasteiger partial charge on any atom is -0.465 e. The van der Waals surface area contributed by atoms with Gasteiger partial charge in [-0.25, -0.2) is 17.9 Å². The predicted molar refractivity (Wildman–Crippen MR) is 81.6 cm³/mol. The molecule has 0 unspecified atom stereocenters. The maximum atomic E-state index is 12.3. The molecule has 1 heterocycles. The zero-order chi connectivity index (χ0) is 16.2. The van der Waals surface area contributed by atoms with E-state index in [0.717, 1.165) is 19.4 Å². The molecule has 1 fully saturated rings. The van der Waals surface area contributed by atoms with E-state index < -0.39 is 16.0 Å². The lowest BCUT2D eigenvalue weighted by molar-refractivity contribution is 0.0600. The van der Waals surface area contributed by atoms with Crippen LogP contribution in [-0.2, 0) is 19.5 Å². The lowest BCUT2D eigenvalue weighted by Gasteiger charge is -2.12. The van der Waals surface area contributed by atoms with Crippen LogP contribution in [0.5, 0.6) is 0 Å². The number of nitrogens with one attached hydrogen (secondary N) is 1. The molecule has 1 aromatic carbocycles. The zero-order valence-corrected chi connectivity index (χ0v) is 13.7. The first kappa shape index (κ1) is 17.2. The summed E-state index contributed by atoms with van der Waals surface area (Å²) in [6.07, 6.45) is 2.65. The van der Waals surface area contributed by atoms with Gasteiger partial charge in [0.1, 0.15) is 4.90 Å². The number of carbonyl (C=O) groups is 1. The number of sulfonamides is 1. The van der Waals surface area contributed by atoms with Gasteiger partial charge in [-0.2, -0.15) is 0 Å². The van der Waals surface area contributed by atoms with Crippen LogP contribution in [0.3, 0.4) is 0 Å². The smallest absolute Gasteiger partial charge is 0.337 e. The first-order valence-corrected chi connectivity index (χ1v) is 8.79. The highest BCUT2D eigenvalue weighted by Crippen LogP contribution is 2.23. The largest absolute Gasteiger partial charge is 0.465 e. The third kappa shape index (κ3) is 4.19. The Bertz CT molecular complexity index is 641. The van der Waals surface area contributed by atoms with E-state index in [1.54, 1.807) is 0 Å². The first-order valence-electron chi connectivity index (χ1n) is 6.93. The molecule has 0 bridgehead atoms. The van der Waals surface area contributed by atoms with Crippen molar-refractivity contribution in [2.24, 2.45) is 0 Å². The third-order valence-corrected chi connectivity index (χ3v) is 5.37. The highest BCUT2D eigenvalue weighted by Gasteiger charge is 2.21. The standard InChI is InChI=1S/C14H18ClNO5S/c1-20-14(17)10-4-5-12(15)13(9-10)22(18,19)16-7-6-11-3-2-8-21-11/h4-5,9,11,16H,2-3,6-8H2,1H3/t11-/m1/s1. The summed E-state index contributed by atoms with van der Waals surface area (Å²) in [4.78, 5) is 11.4. The monoisotopic (exact) mass is 347 g/mol. The molecule has 0 aromatic heterocycles. The molecule has 1 aromatic rings. The van der Waals surface area contributed by atoms with Gasteiger partial charge in [-0.05, 0) is 37.5 Å². The first-order chi connectivity index (χ1) is 10.4. The van der Waals surface area contributed by atoms with Crippen molar-refractivity contribution in [3.05, 3.63) is 28.8 Å². The Morgan fingerprint density at radius 3 is 2.91 bits per heavy atom. The van der Waals surface area contributed by atoms with Crippen LogP contribution >= 0.6 is 11.6 Å². The van der Waals surface area contributed by atoms with E-state index in [4.69, 9.17) is 16.3 Å². The number of esters is 1. The molecule has 6 nitrogen and oxygen atoms in total. The summed E-state index contributed by atoms with van der Waals surface area (Å²) in [5, 5.41) is 0.0530. The number of hydrogen-bond donors (Lipinski definition) is 1. The van der Waals surface area contributed by atoms with Gasteiger partial charge in [0.15, 0.2) is 0 Å². The van der Waals surface area contributed by atoms with E-state index in [2.05, 4.69) is 9.46 Å². The van der Waals surface area contributed by atoms with E-state index in [-0.39, 0.29) is 28.1 Å². The summed E-state index contributed by atoms with van der Waals surface area (Å²) in [5.74, 6) is -0.618. The van der Waals surface area contributed by atoms with E-state index in [9.17, 15) is 13.2 Å². The number of halogens is 1. The molecule has 0 spiro atoms. The van der Waals surface area contributed by atoms with Crippen molar-refractivity contribution >= 4 is 27.6 Å². The molecule has 2 rings (SSSR count). The Labute approximate surface area is 134 Å². The van der Waals surface area contributed by atoms with Crippen LogP contribution in [0, 0.1) is 0 Å². The van der Waals surface area contributed by atoms with Crippen molar-refractivity contribution in [1.29, 1.82) is 0 Å². The minimum absolute atomic E-state index is 0.0530. The Kier molecular flexibility index (Phi) is 5.80. The fourth-order valence-corrected chi connectivity index (χ4v) is 3.83. The van der Waals surface area contributed by atoms with Gasteiger partial charge in [0, 0.05) is 13.2 Å². The molecule has 8 heteroatoms. The van der Waals surface area contributed by atoms with Crippen LogP contribution in [0.1, 0.15) is 29.6 Å². The molecule has 0 saturated carbocycles. The fourth-order valence-electron chi connectivity index (χ4n) is 2.26. The summed E-state index contributed by atoms with van der Waals surface area (Å²) >= 11 is 5.94. The summed E-state index contributed by atoms with van der Waals surface area (Å²) in [6.45, 7) is 0.982. The molecule has 0 radical (unpaired) electrons. The zero-order valence-electron chi connectivity index (χ0n) is 12.2. The van der Waals surface area contributed by atoms with Gasteiger partial charge in [-0.1, -0.05) is 11.6 Å². The van der Waals surface area contributed by atoms with Crippen molar-refractivity contribution in [3.8, 4) is 0 Å². The molecular weight excluding hydrogens is 330 g/mol. The molecular formula is C14H18ClNO5S. The molecule has 1 saturated heterocycles. The maximum absolute atomic E-state index is 12.3. The molecule has 122 valence electrons. The van der Waals surface area contributed by atoms with Gasteiger partial charge in [0.2, 0.25) is 10.0 Å². The minimum atomic E-state index is -3.79. The van der Waals surface area contributed by atoms with Crippen LogP contribution in [0.25, 0.3) is 0 Å². The molecule has 1 atom stereocenters. The van der Waals surface area contributed by atoms with Crippen LogP contribution in [0.15, 0.2) is 23.1 Å². The van der Waals surface area contributed by atoms with Crippen LogP contribution in [0.2, 0.25) is 5.02 Å². The summed E-state index contributed by atoms with van der Waals surface area (Å²) in [5.41, 5.74) is 0.131. The fraction of sp³-hybridized carbons (Fsp3) is 0.500. The molecule has 0 aliphatic carbocycles. The van der Waals surface area contributed by atoms with Gasteiger partial charge in [0.25, 0.3) is 0 Å². The number of ether oxygens (including phenoxy) is 2. The van der Waals surface area contributed by atoms with E-state index in [0.29, 0.717) is 6.42 Å². The Balaban J connectivity index is 2.08. The van der Waals surface area contributed by atoms with Crippen molar-refractivity contribution in [3.63, 3.8) is 0 Å². The quantitative estimate of drug-likeness (QED) is 0.796. The van der Waals surface area contributed by atoms with Crippen molar-refractivity contribution in [2.45, 2.75) is 30.3 Å². The van der Waals surface area contributed by atoms with E-state index in [1.165, 1.54) is 25.3 Å². The van der Waals surface area contributed by atoms with Crippen LogP contribution < -0.4 is 4.72 Å². The number of benzene rings is 1. The highest BCUT2D eigenvalue weighted by atomic mass is 35.5. The second-order valence-corrected chi connectivity index (χ2v) is 7.10. The molecule has 22 heavy (non-hydrogen) atoms. The Morgan fingerprint density at radius 1 is 1.50 bits per heavy atom. The number of rotatable bonds is 6. The van der Waals surface area contributed by atoms with Gasteiger partial charge in [0.05, 0.1) is 23.8 Å². The van der Waals surface area contributed by atoms with Crippen molar-refractivity contribution in [1.82, 2.24) is 4.72 Å². The molecule has 1 N–H and O–H groups in total. The normalized spacial score (nSPS) is 18.4. The van der Waals surface area contributed by atoms with E-state index >= 15 is 0 Å². The SMILES string of the molecule is COC(=O)c1ccc(Cl)c(S(=O)(=O)NCC[C@H]2CCCO2)c1. The summed E-state index contributed by atoms with van der Waals surface area (Å²) in [6, 6.07) is 3.99. The van der Waals surface area contributed by atoms with Crippen molar-refractivity contribution in [2.75, 3.05) is 20.3 Å². The second kappa shape index (κ2) is 7.41. The van der Waals surface area contributed by atoms with E-state index in [1.807, 2.05) is 0 Å². The lowest BCUT2D eigenvalue weighted by Crippen LogP contribution is -2.27. The number of methoxy groups -OCH3 is 1. The van der Waals surface area contributed by atoms with Gasteiger partial charge in [-0.15, -0.1) is 0 Å². The molecule has 1 aliphatic heterocycles. The average molecular weight is 348 g/mol. The Morgan fingerprint density at radius 2 is 2.27 bits per heavy atom. The summed E-state index contributed by atoms with van der Waals surface area (Å²) in [7, 11) is -2.57. The molecule has 0 amide bonds. The highest BCUT2D eigenvalue weighted by molar-refractivity contribution is 7.89. The predicted octanol–water partition coefficient (Wildman–Crippen LogP) is 1.97. The second-order valence-electron chi connectivity index (χ2n) is 4.96.